The summed E-state index contributed by atoms with van der Waals surface area (Å²) in [6.45, 7) is -1.49. The average molecular weight is 241 g/mol. The molecule has 6 heteroatoms. The number of esters is 1. The molecule has 0 spiro atoms. The van der Waals surface area contributed by atoms with E-state index in [0.717, 1.165) is 0 Å². The van der Waals surface area contributed by atoms with E-state index < -0.39 is 12.6 Å². The molecule has 1 rings (SSSR count). The van der Waals surface area contributed by atoms with Crippen molar-refractivity contribution in [1.82, 2.24) is 0 Å². The first kappa shape index (κ1) is 12.9. The summed E-state index contributed by atoms with van der Waals surface area (Å²) in [6, 6.07) is 4.05. The summed E-state index contributed by atoms with van der Waals surface area (Å²) in [6.07, 6.45) is 0. The molecule has 0 unspecified atom stereocenters. The molecule has 4 nitrogen and oxygen atoms in total. The van der Waals surface area contributed by atoms with E-state index in [0.29, 0.717) is 5.56 Å². The molecule has 0 radical (unpaired) electrons. The van der Waals surface area contributed by atoms with Crippen molar-refractivity contribution >= 4 is 5.97 Å². The Morgan fingerprint density at radius 1 is 1.47 bits per heavy atom. The Kier molecular flexibility index (Phi) is 3.99. The van der Waals surface area contributed by atoms with Crippen LogP contribution >= 0.6 is 0 Å². The van der Waals surface area contributed by atoms with Crippen LogP contribution in [-0.4, -0.2) is 19.7 Å². The number of halogens is 2. The summed E-state index contributed by atoms with van der Waals surface area (Å²) in [7, 11) is 1.19. The van der Waals surface area contributed by atoms with Gasteiger partial charge in [0.25, 0.3) is 0 Å². The Balaban J connectivity index is 3.25. The van der Waals surface area contributed by atoms with Crippen molar-refractivity contribution in [2.45, 2.75) is 13.5 Å². The molecule has 0 bridgehead atoms. The number of aryl methyl sites for hydroxylation is 1. The predicted molar refractivity (Wildman–Crippen MR) is 53.9 cm³/mol. The number of hydrogen-bond acceptors (Lipinski definition) is 4. The second kappa shape index (κ2) is 5.25. The molecule has 0 N–H and O–H groups in total. The average Bonchev–Trinajstić information content (AvgIpc) is 2.27. The number of nitriles is 1. The maximum atomic E-state index is 12.1. The van der Waals surface area contributed by atoms with E-state index in [1.165, 1.54) is 26.2 Å². The van der Waals surface area contributed by atoms with Crippen LogP contribution in [-0.2, 0) is 4.74 Å². The minimum atomic E-state index is -3.02. The first-order valence-corrected chi connectivity index (χ1v) is 4.57. The second-order valence-corrected chi connectivity index (χ2v) is 3.15. The van der Waals surface area contributed by atoms with Crippen LogP contribution in [0.1, 0.15) is 21.5 Å². The van der Waals surface area contributed by atoms with E-state index >= 15 is 0 Å². The van der Waals surface area contributed by atoms with E-state index in [4.69, 9.17) is 5.26 Å². The van der Waals surface area contributed by atoms with Crippen LogP contribution in [0.2, 0.25) is 0 Å². The number of ether oxygens (including phenoxy) is 2. The fraction of sp³-hybridized carbons (Fsp3) is 0.273. The van der Waals surface area contributed by atoms with E-state index in [1.54, 1.807) is 6.07 Å². The van der Waals surface area contributed by atoms with Gasteiger partial charge < -0.3 is 9.47 Å². The van der Waals surface area contributed by atoms with Crippen molar-refractivity contribution in [1.29, 1.82) is 5.26 Å². The van der Waals surface area contributed by atoms with Gasteiger partial charge in [0.15, 0.2) is 0 Å². The third-order valence-electron chi connectivity index (χ3n) is 2.07. The minimum Gasteiger partial charge on any atom is -0.465 e. The highest BCUT2D eigenvalue weighted by Gasteiger charge is 2.16. The van der Waals surface area contributed by atoms with Crippen molar-refractivity contribution in [3.05, 3.63) is 28.8 Å². The summed E-state index contributed by atoms with van der Waals surface area (Å²) in [5, 5.41) is 8.77. The monoisotopic (exact) mass is 241 g/mol. The first-order chi connectivity index (χ1) is 7.99. The molecule has 0 fully saturated rings. The molecule has 0 aliphatic heterocycles. The van der Waals surface area contributed by atoms with Crippen LogP contribution in [0.3, 0.4) is 0 Å². The lowest BCUT2D eigenvalue weighted by Gasteiger charge is -2.10. The first-order valence-electron chi connectivity index (χ1n) is 4.57. The van der Waals surface area contributed by atoms with Crippen molar-refractivity contribution in [2.75, 3.05) is 7.11 Å². The molecule has 0 aromatic heterocycles. The van der Waals surface area contributed by atoms with Crippen molar-refractivity contribution < 1.29 is 23.0 Å². The summed E-state index contributed by atoms with van der Waals surface area (Å²) in [4.78, 5) is 11.3. The van der Waals surface area contributed by atoms with Crippen molar-refractivity contribution in [2.24, 2.45) is 0 Å². The standard InChI is InChI=1S/C11H9F2NO3/c1-6-3-9(17-11(12)13)7(5-14)4-8(6)10(15)16-2/h3-4,11H,1-2H3. The lowest BCUT2D eigenvalue weighted by Crippen LogP contribution is -2.08. The van der Waals surface area contributed by atoms with Crippen LogP contribution in [0.15, 0.2) is 12.1 Å². The van der Waals surface area contributed by atoms with Crippen molar-refractivity contribution in [3.63, 3.8) is 0 Å². The van der Waals surface area contributed by atoms with Gasteiger partial charge in [0.2, 0.25) is 0 Å². The van der Waals surface area contributed by atoms with Crippen molar-refractivity contribution in [3.8, 4) is 11.8 Å². The Morgan fingerprint density at radius 2 is 2.12 bits per heavy atom. The van der Waals surface area contributed by atoms with Gasteiger partial charge in [-0.15, -0.1) is 0 Å². The van der Waals surface area contributed by atoms with E-state index in [2.05, 4.69) is 9.47 Å². The van der Waals surface area contributed by atoms with E-state index in [9.17, 15) is 13.6 Å². The summed E-state index contributed by atoms with van der Waals surface area (Å²) in [5.41, 5.74) is 0.397. The van der Waals surface area contributed by atoms with Gasteiger partial charge in [0.1, 0.15) is 11.8 Å². The van der Waals surface area contributed by atoms with Gasteiger partial charge in [-0.3, -0.25) is 0 Å². The van der Waals surface area contributed by atoms with Gasteiger partial charge in [-0.05, 0) is 24.6 Å². The van der Waals surface area contributed by atoms with Gasteiger partial charge in [-0.2, -0.15) is 14.0 Å². The largest absolute Gasteiger partial charge is 0.465 e. The highest BCUT2D eigenvalue weighted by molar-refractivity contribution is 5.91. The van der Waals surface area contributed by atoms with Crippen LogP contribution in [0, 0.1) is 18.3 Å². The summed E-state index contributed by atoms with van der Waals surface area (Å²) < 4.78 is 32.8. The zero-order chi connectivity index (χ0) is 13.0. The van der Waals surface area contributed by atoms with Gasteiger partial charge in [-0.1, -0.05) is 0 Å². The molecule has 0 atom stereocenters. The summed E-state index contributed by atoms with van der Waals surface area (Å²) in [5.74, 6) is -0.893. The van der Waals surface area contributed by atoms with E-state index in [-0.39, 0.29) is 16.9 Å². The Bertz CT molecular complexity index is 480. The fourth-order valence-electron chi connectivity index (χ4n) is 1.29. The quantitative estimate of drug-likeness (QED) is 0.761. The lowest BCUT2D eigenvalue weighted by molar-refractivity contribution is -0.0500. The third-order valence-corrected chi connectivity index (χ3v) is 2.07. The number of carbonyl (C=O) groups is 1. The molecular weight excluding hydrogens is 232 g/mol. The second-order valence-electron chi connectivity index (χ2n) is 3.15. The molecule has 0 saturated heterocycles. The fourth-order valence-corrected chi connectivity index (χ4v) is 1.29. The van der Waals surface area contributed by atoms with Gasteiger partial charge in [-0.25, -0.2) is 4.79 Å². The maximum absolute atomic E-state index is 12.1. The zero-order valence-electron chi connectivity index (χ0n) is 9.16. The van der Waals surface area contributed by atoms with Gasteiger partial charge >= 0.3 is 12.6 Å². The molecule has 1 aromatic rings. The van der Waals surface area contributed by atoms with Crippen LogP contribution in [0.5, 0.6) is 5.75 Å². The van der Waals surface area contributed by atoms with Crippen LogP contribution in [0.25, 0.3) is 0 Å². The topological polar surface area (TPSA) is 59.3 Å². The van der Waals surface area contributed by atoms with E-state index in [1.807, 2.05) is 0 Å². The number of alkyl halides is 2. The summed E-state index contributed by atoms with van der Waals surface area (Å²) >= 11 is 0. The molecule has 0 aliphatic carbocycles. The number of nitrogens with zero attached hydrogens (tertiary/aromatic N) is 1. The molecule has 0 amide bonds. The SMILES string of the molecule is COC(=O)c1cc(C#N)c(OC(F)F)cc1C. The molecule has 90 valence electrons. The number of hydrogen-bond donors (Lipinski definition) is 0. The van der Waals surface area contributed by atoms with Gasteiger partial charge in [0, 0.05) is 0 Å². The molecule has 17 heavy (non-hydrogen) atoms. The van der Waals surface area contributed by atoms with Crippen LogP contribution in [0.4, 0.5) is 8.78 Å². The highest BCUT2D eigenvalue weighted by atomic mass is 19.3. The third kappa shape index (κ3) is 2.91. The Hall–Kier alpha value is -2.16. The van der Waals surface area contributed by atoms with Crippen LogP contribution < -0.4 is 4.74 Å². The Labute approximate surface area is 96.4 Å². The lowest BCUT2D eigenvalue weighted by atomic mass is 10.0. The molecule has 0 saturated carbocycles. The number of methoxy groups -OCH3 is 1. The number of benzene rings is 1. The predicted octanol–water partition coefficient (Wildman–Crippen LogP) is 2.25. The highest BCUT2D eigenvalue weighted by Crippen LogP contribution is 2.25. The zero-order valence-corrected chi connectivity index (χ0v) is 9.16. The maximum Gasteiger partial charge on any atom is 0.387 e. The van der Waals surface area contributed by atoms with Gasteiger partial charge in [0.05, 0.1) is 18.2 Å². The normalized spacial score (nSPS) is 9.88. The molecule has 0 aliphatic rings. The molecule has 0 heterocycles. The molecule has 1 aromatic carbocycles. The smallest absolute Gasteiger partial charge is 0.387 e. The minimum absolute atomic E-state index is 0.142. The molecular formula is C11H9F2NO3. The number of carbonyl (C=O) groups excluding carboxylic acids is 1. The Morgan fingerprint density at radius 3 is 2.59 bits per heavy atom. The number of rotatable bonds is 3.